The molecule has 1 aromatic carbocycles. The minimum absolute atomic E-state index is 0.173. The number of hydrogen-bond donors (Lipinski definition) is 1. The molecular weight excluding hydrogens is 236 g/mol. The molecule has 1 aromatic rings. The van der Waals surface area contributed by atoms with E-state index in [1.807, 2.05) is 17.0 Å². The molecule has 0 saturated carbocycles. The number of aryl methyl sites for hydroxylation is 1. The number of amides is 1. The zero-order chi connectivity index (χ0) is 13.8. The number of carbonyl (C=O) groups is 1. The van der Waals surface area contributed by atoms with E-state index in [1.54, 1.807) is 0 Å². The molecule has 2 rings (SSSR count). The largest absolute Gasteiger partial charge is 0.385 e. The molecule has 0 aromatic heterocycles. The third-order valence-electron chi connectivity index (χ3n) is 3.92. The predicted octanol–water partition coefficient (Wildman–Crippen LogP) is 3.30. The first kappa shape index (κ1) is 13.9. The number of likely N-dealkylation sites (tertiary alicyclic amines) is 1. The van der Waals surface area contributed by atoms with Crippen molar-refractivity contribution in [1.82, 2.24) is 4.90 Å². The van der Waals surface area contributed by atoms with E-state index in [-0.39, 0.29) is 5.91 Å². The minimum atomic E-state index is 0.173. The van der Waals surface area contributed by atoms with Crippen LogP contribution < -0.4 is 5.32 Å². The lowest BCUT2D eigenvalue weighted by Gasteiger charge is -2.19. The van der Waals surface area contributed by atoms with E-state index in [4.69, 9.17) is 0 Å². The number of nitrogens with one attached hydrogen (secondary N) is 1. The quantitative estimate of drug-likeness (QED) is 0.901. The van der Waals surface area contributed by atoms with E-state index in [0.29, 0.717) is 5.92 Å². The smallest absolute Gasteiger partial charge is 0.255 e. The molecule has 1 aliphatic heterocycles. The summed E-state index contributed by atoms with van der Waals surface area (Å²) < 4.78 is 0. The predicted molar refractivity (Wildman–Crippen MR) is 79.6 cm³/mol. The van der Waals surface area contributed by atoms with Gasteiger partial charge in [-0.25, -0.2) is 0 Å². The molecule has 0 spiro atoms. The highest BCUT2D eigenvalue weighted by molar-refractivity contribution is 5.99. The molecule has 1 unspecified atom stereocenters. The maximum absolute atomic E-state index is 12.6. The number of nitrogens with zero attached hydrogens (tertiary/aromatic N) is 1. The summed E-state index contributed by atoms with van der Waals surface area (Å²) in [7, 11) is 0. The molecular formula is C16H24N2O. The molecule has 1 heterocycles. The maximum Gasteiger partial charge on any atom is 0.255 e. The van der Waals surface area contributed by atoms with Crippen LogP contribution in [0.3, 0.4) is 0 Å². The molecule has 1 amide bonds. The third-order valence-corrected chi connectivity index (χ3v) is 3.92. The molecule has 1 aliphatic rings. The second kappa shape index (κ2) is 6.09. The van der Waals surface area contributed by atoms with Gasteiger partial charge in [0.15, 0.2) is 0 Å². The molecule has 1 atom stereocenters. The number of carbonyl (C=O) groups excluding carboxylic acids is 1. The van der Waals surface area contributed by atoms with Crippen LogP contribution in [0.25, 0.3) is 0 Å². The van der Waals surface area contributed by atoms with Crippen LogP contribution >= 0.6 is 0 Å². The van der Waals surface area contributed by atoms with Crippen molar-refractivity contribution in [3.8, 4) is 0 Å². The van der Waals surface area contributed by atoms with Crippen molar-refractivity contribution in [2.45, 2.75) is 33.6 Å². The minimum Gasteiger partial charge on any atom is -0.385 e. The Bertz CT molecular complexity index is 456. The van der Waals surface area contributed by atoms with E-state index in [9.17, 15) is 4.79 Å². The van der Waals surface area contributed by atoms with Crippen molar-refractivity contribution < 1.29 is 4.79 Å². The Labute approximate surface area is 116 Å². The van der Waals surface area contributed by atoms with Crippen LogP contribution in [0.1, 0.15) is 42.6 Å². The molecule has 1 fully saturated rings. The molecule has 1 N–H and O–H groups in total. The maximum atomic E-state index is 12.6. The molecule has 19 heavy (non-hydrogen) atoms. The van der Waals surface area contributed by atoms with Crippen LogP contribution in [-0.4, -0.2) is 30.4 Å². The van der Waals surface area contributed by atoms with Crippen LogP contribution in [0, 0.1) is 12.8 Å². The van der Waals surface area contributed by atoms with Crippen molar-refractivity contribution in [2.75, 3.05) is 25.0 Å². The summed E-state index contributed by atoms with van der Waals surface area (Å²) in [6.45, 7) is 8.96. The summed E-state index contributed by atoms with van der Waals surface area (Å²) in [6.07, 6.45) is 2.31. The summed E-state index contributed by atoms with van der Waals surface area (Å²) in [5.74, 6) is 0.851. The summed E-state index contributed by atoms with van der Waals surface area (Å²) >= 11 is 0. The molecule has 3 nitrogen and oxygen atoms in total. The van der Waals surface area contributed by atoms with Crippen molar-refractivity contribution in [2.24, 2.45) is 5.92 Å². The van der Waals surface area contributed by atoms with Crippen molar-refractivity contribution in [3.63, 3.8) is 0 Å². The van der Waals surface area contributed by atoms with E-state index in [0.717, 1.165) is 43.7 Å². The first-order valence-electron chi connectivity index (χ1n) is 7.29. The standard InChI is InChI=1S/C16H24N2O/c1-4-13-8-9-18(11-13)16(19)14-7-6-12(3)10-15(14)17-5-2/h6-7,10,13,17H,4-5,8-9,11H2,1-3H3. The Kier molecular flexibility index (Phi) is 4.46. The summed E-state index contributed by atoms with van der Waals surface area (Å²) in [5, 5.41) is 3.30. The van der Waals surface area contributed by atoms with Crippen LogP contribution in [0.4, 0.5) is 5.69 Å². The normalized spacial score (nSPS) is 18.7. The molecule has 0 aliphatic carbocycles. The van der Waals surface area contributed by atoms with Gasteiger partial charge in [-0.15, -0.1) is 0 Å². The van der Waals surface area contributed by atoms with Crippen LogP contribution in [-0.2, 0) is 0 Å². The van der Waals surface area contributed by atoms with Crippen LogP contribution in [0.5, 0.6) is 0 Å². The SMILES string of the molecule is CCNc1cc(C)ccc1C(=O)N1CCC(CC)C1. The fourth-order valence-corrected chi connectivity index (χ4v) is 2.70. The topological polar surface area (TPSA) is 32.3 Å². The second-order valence-electron chi connectivity index (χ2n) is 5.39. The van der Waals surface area contributed by atoms with E-state index < -0.39 is 0 Å². The van der Waals surface area contributed by atoms with Crippen LogP contribution in [0.15, 0.2) is 18.2 Å². The van der Waals surface area contributed by atoms with Gasteiger partial charge in [0.05, 0.1) is 5.56 Å². The van der Waals surface area contributed by atoms with E-state index in [1.165, 1.54) is 5.56 Å². The van der Waals surface area contributed by atoms with Crippen molar-refractivity contribution in [1.29, 1.82) is 0 Å². The van der Waals surface area contributed by atoms with Crippen molar-refractivity contribution in [3.05, 3.63) is 29.3 Å². The van der Waals surface area contributed by atoms with Gasteiger partial charge in [0, 0.05) is 25.3 Å². The van der Waals surface area contributed by atoms with E-state index >= 15 is 0 Å². The van der Waals surface area contributed by atoms with Gasteiger partial charge in [-0.05, 0) is 43.9 Å². The van der Waals surface area contributed by atoms with Gasteiger partial charge in [0.25, 0.3) is 5.91 Å². The number of rotatable bonds is 4. The van der Waals surface area contributed by atoms with Crippen molar-refractivity contribution >= 4 is 11.6 Å². The number of anilines is 1. The summed E-state index contributed by atoms with van der Waals surface area (Å²) in [5.41, 5.74) is 2.96. The average Bonchev–Trinajstić information content (AvgIpc) is 2.87. The molecule has 3 heteroatoms. The highest BCUT2D eigenvalue weighted by Gasteiger charge is 2.26. The Balaban J connectivity index is 2.19. The number of hydrogen-bond acceptors (Lipinski definition) is 2. The van der Waals surface area contributed by atoms with E-state index in [2.05, 4.69) is 32.2 Å². The van der Waals surface area contributed by atoms with Crippen LogP contribution in [0.2, 0.25) is 0 Å². The first-order valence-corrected chi connectivity index (χ1v) is 7.29. The molecule has 0 radical (unpaired) electrons. The monoisotopic (exact) mass is 260 g/mol. The number of benzene rings is 1. The molecule has 1 saturated heterocycles. The zero-order valence-corrected chi connectivity index (χ0v) is 12.2. The lowest BCUT2D eigenvalue weighted by atomic mass is 10.1. The summed E-state index contributed by atoms with van der Waals surface area (Å²) in [4.78, 5) is 14.6. The van der Waals surface area contributed by atoms with Gasteiger partial charge in [-0.2, -0.15) is 0 Å². The lowest BCUT2D eigenvalue weighted by molar-refractivity contribution is 0.0788. The first-order chi connectivity index (χ1) is 9.15. The highest BCUT2D eigenvalue weighted by atomic mass is 16.2. The summed E-state index contributed by atoms with van der Waals surface area (Å²) in [6, 6.07) is 6.03. The fraction of sp³-hybridized carbons (Fsp3) is 0.562. The van der Waals surface area contributed by atoms with Gasteiger partial charge < -0.3 is 10.2 Å². The Morgan fingerprint density at radius 1 is 1.42 bits per heavy atom. The van der Waals surface area contributed by atoms with Gasteiger partial charge in [-0.1, -0.05) is 19.4 Å². The Hall–Kier alpha value is -1.51. The lowest BCUT2D eigenvalue weighted by Crippen LogP contribution is -2.29. The van der Waals surface area contributed by atoms with Gasteiger partial charge in [-0.3, -0.25) is 4.79 Å². The molecule has 104 valence electrons. The van der Waals surface area contributed by atoms with Gasteiger partial charge in [0.1, 0.15) is 0 Å². The third kappa shape index (κ3) is 3.09. The highest BCUT2D eigenvalue weighted by Crippen LogP contribution is 2.24. The fourth-order valence-electron chi connectivity index (χ4n) is 2.70. The van der Waals surface area contributed by atoms with Gasteiger partial charge in [0.2, 0.25) is 0 Å². The zero-order valence-electron chi connectivity index (χ0n) is 12.2. The van der Waals surface area contributed by atoms with Gasteiger partial charge >= 0.3 is 0 Å². The Morgan fingerprint density at radius 2 is 2.21 bits per heavy atom. The molecule has 0 bridgehead atoms. The Morgan fingerprint density at radius 3 is 2.84 bits per heavy atom. The average molecular weight is 260 g/mol. The second-order valence-corrected chi connectivity index (χ2v) is 5.39.